The van der Waals surface area contributed by atoms with Crippen molar-refractivity contribution in [3.05, 3.63) is 29.8 Å². The summed E-state index contributed by atoms with van der Waals surface area (Å²) in [7, 11) is 0. The van der Waals surface area contributed by atoms with E-state index in [9.17, 15) is 10.2 Å². The van der Waals surface area contributed by atoms with Crippen LogP contribution in [0, 0.1) is 17.2 Å². The Bertz CT molecular complexity index is 468. The summed E-state index contributed by atoms with van der Waals surface area (Å²) in [5.74, 6) is 1.01. The minimum atomic E-state index is -0.646. The molecule has 5 heteroatoms. The van der Waals surface area contributed by atoms with Gasteiger partial charge < -0.3 is 20.3 Å². The van der Waals surface area contributed by atoms with Crippen LogP contribution in [0.3, 0.4) is 0 Å². The summed E-state index contributed by atoms with van der Waals surface area (Å²) in [6.45, 7) is 1.04. The van der Waals surface area contributed by atoms with E-state index in [1.54, 1.807) is 24.3 Å². The van der Waals surface area contributed by atoms with Gasteiger partial charge in [-0.05, 0) is 37.0 Å². The lowest BCUT2D eigenvalue weighted by molar-refractivity contribution is 0.0966. The first kappa shape index (κ1) is 14.8. The average molecular weight is 276 g/mol. The smallest absolute Gasteiger partial charge is 0.120 e. The average Bonchev–Trinajstić information content (AvgIpc) is 3.30. The van der Waals surface area contributed by atoms with Crippen molar-refractivity contribution in [1.29, 1.82) is 5.26 Å². The highest BCUT2D eigenvalue weighted by atomic mass is 16.5. The van der Waals surface area contributed by atoms with E-state index in [2.05, 4.69) is 5.32 Å². The Hall–Kier alpha value is -1.61. The number of aliphatic hydroxyl groups excluding tert-OH is 2. The number of ether oxygens (including phenoxy) is 1. The Balaban J connectivity index is 1.63. The lowest BCUT2D eigenvalue weighted by Crippen LogP contribution is -2.36. The molecule has 0 aromatic heterocycles. The van der Waals surface area contributed by atoms with Crippen LogP contribution in [0.5, 0.6) is 5.75 Å². The minimum Gasteiger partial charge on any atom is -0.491 e. The van der Waals surface area contributed by atoms with Gasteiger partial charge in [0.05, 0.1) is 17.7 Å². The molecule has 5 nitrogen and oxygen atoms in total. The molecule has 0 bridgehead atoms. The third-order valence-electron chi connectivity index (χ3n) is 3.31. The zero-order valence-electron chi connectivity index (χ0n) is 11.3. The van der Waals surface area contributed by atoms with Gasteiger partial charge in [0.25, 0.3) is 0 Å². The van der Waals surface area contributed by atoms with E-state index in [1.807, 2.05) is 6.07 Å². The molecule has 3 N–H and O–H groups in total. The van der Waals surface area contributed by atoms with Crippen LogP contribution in [0.15, 0.2) is 24.3 Å². The number of hydrogen-bond acceptors (Lipinski definition) is 5. The zero-order chi connectivity index (χ0) is 14.4. The Morgan fingerprint density at radius 2 is 2.15 bits per heavy atom. The van der Waals surface area contributed by atoms with Gasteiger partial charge in [0, 0.05) is 13.1 Å². The van der Waals surface area contributed by atoms with Gasteiger partial charge in [-0.1, -0.05) is 6.07 Å². The molecule has 1 aromatic carbocycles. The minimum absolute atomic E-state index is 0.154. The van der Waals surface area contributed by atoms with Crippen LogP contribution in [0.25, 0.3) is 0 Å². The summed E-state index contributed by atoms with van der Waals surface area (Å²) < 4.78 is 5.42. The number of nitrogens with zero attached hydrogens (tertiary/aromatic N) is 1. The second-order valence-electron chi connectivity index (χ2n) is 5.17. The summed E-state index contributed by atoms with van der Waals surface area (Å²) in [5.41, 5.74) is 0.530. The lowest BCUT2D eigenvalue weighted by atomic mass is 10.2. The van der Waals surface area contributed by atoms with Crippen molar-refractivity contribution in [1.82, 2.24) is 5.32 Å². The fourth-order valence-electron chi connectivity index (χ4n) is 1.95. The molecule has 2 unspecified atom stereocenters. The van der Waals surface area contributed by atoms with Crippen molar-refractivity contribution in [3.63, 3.8) is 0 Å². The van der Waals surface area contributed by atoms with Gasteiger partial charge in [0.15, 0.2) is 0 Å². The van der Waals surface area contributed by atoms with E-state index in [1.165, 1.54) is 0 Å². The molecule has 1 aromatic rings. The largest absolute Gasteiger partial charge is 0.491 e. The quantitative estimate of drug-likeness (QED) is 0.649. The normalized spacial score (nSPS) is 17.2. The van der Waals surface area contributed by atoms with Crippen molar-refractivity contribution in [2.24, 2.45) is 5.92 Å². The summed E-state index contributed by atoms with van der Waals surface area (Å²) >= 11 is 0. The SMILES string of the molecule is N#Cc1cccc(OCC(O)CNCC(O)C2CC2)c1. The maximum absolute atomic E-state index is 9.77. The molecule has 2 atom stereocenters. The molecule has 20 heavy (non-hydrogen) atoms. The fourth-order valence-corrected chi connectivity index (χ4v) is 1.95. The summed E-state index contributed by atoms with van der Waals surface area (Å²) in [4.78, 5) is 0. The number of nitrogens with one attached hydrogen (secondary N) is 1. The number of nitriles is 1. The molecule has 1 fully saturated rings. The highest BCUT2D eigenvalue weighted by Crippen LogP contribution is 2.32. The Morgan fingerprint density at radius 3 is 2.85 bits per heavy atom. The van der Waals surface area contributed by atoms with E-state index in [-0.39, 0.29) is 12.7 Å². The van der Waals surface area contributed by atoms with Crippen LogP contribution in [-0.2, 0) is 0 Å². The van der Waals surface area contributed by atoms with Crippen LogP contribution in [-0.4, -0.2) is 42.1 Å². The maximum Gasteiger partial charge on any atom is 0.120 e. The number of hydrogen-bond donors (Lipinski definition) is 3. The van der Waals surface area contributed by atoms with E-state index in [0.29, 0.717) is 30.3 Å². The lowest BCUT2D eigenvalue weighted by Gasteiger charge is -2.15. The topological polar surface area (TPSA) is 85.5 Å². The van der Waals surface area contributed by atoms with Gasteiger partial charge in [-0.2, -0.15) is 5.26 Å². The molecular weight excluding hydrogens is 256 g/mol. The third-order valence-corrected chi connectivity index (χ3v) is 3.31. The molecule has 1 aliphatic rings. The van der Waals surface area contributed by atoms with Gasteiger partial charge in [0.1, 0.15) is 18.5 Å². The van der Waals surface area contributed by atoms with Crippen LogP contribution in [0.2, 0.25) is 0 Å². The van der Waals surface area contributed by atoms with Gasteiger partial charge in [-0.3, -0.25) is 0 Å². The Labute approximate surface area is 118 Å². The molecule has 0 radical (unpaired) electrons. The van der Waals surface area contributed by atoms with Crippen molar-refractivity contribution in [2.45, 2.75) is 25.0 Å². The first-order valence-corrected chi connectivity index (χ1v) is 6.89. The molecule has 0 aliphatic heterocycles. The molecule has 0 amide bonds. The van der Waals surface area contributed by atoms with Crippen LogP contribution in [0.1, 0.15) is 18.4 Å². The van der Waals surface area contributed by atoms with Crippen molar-refractivity contribution >= 4 is 0 Å². The van der Waals surface area contributed by atoms with Gasteiger partial charge in [-0.15, -0.1) is 0 Å². The molecule has 2 rings (SSSR count). The molecular formula is C15H20N2O3. The van der Waals surface area contributed by atoms with E-state index in [4.69, 9.17) is 10.00 Å². The van der Waals surface area contributed by atoms with E-state index < -0.39 is 6.10 Å². The summed E-state index contributed by atoms with van der Waals surface area (Å²) in [5, 5.41) is 31.2. The standard InChI is InChI=1S/C15H20N2O3/c16-7-11-2-1-3-14(6-11)20-10-13(18)8-17-9-15(19)12-4-5-12/h1-3,6,12-13,15,17-19H,4-5,8-10H2. The predicted molar refractivity (Wildman–Crippen MR) is 74.3 cm³/mol. The number of aliphatic hydroxyl groups is 2. The second kappa shape index (κ2) is 7.25. The Kier molecular flexibility index (Phi) is 5.36. The molecule has 0 spiro atoms. The van der Waals surface area contributed by atoms with Crippen molar-refractivity contribution < 1.29 is 14.9 Å². The summed E-state index contributed by atoms with van der Waals surface area (Å²) in [6, 6.07) is 8.86. The highest BCUT2D eigenvalue weighted by Gasteiger charge is 2.29. The van der Waals surface area contributed by atoms with Gasteiger partial charge in [0.2, 0.25) is 0 Å². The Morgan fingerprint density at radius 1 is 1.35 bits per heavy atom. The molecule has 108 valence electrons. The van der Waals surface area contributed by atoms with Crippen LogP contribution in [0.4, 0.5) is 0 Å². The predicted octanol–water partition coefficient (Wildman–Crippen LogP) is 0.658. The van der Waals surface area contributed by atoms with E-state index >= 15 is 0 Å². The molecule has 1 saturated carbocycles. The number of benzene rings is 1. The van der Waals surface area contributed by atoms with Gasteiger partial charge >= 0.3 is 0 Å². The van der Waals surface area contributed by atoms with Crippen LogP contribution >= 0.6 is 0 Å². The molecule has 0 saturated heterocycles. The fraction of sp³-hybridized carbons (Fsp3) is 0.533. The zero-order valence-corrected chi connectivity index (χ0v) is 11.3. The maximum atomic E-state index is 9.77. The second-order valence-corrected chi connectivity index (χ2v) is 5.17. The van der Waals surface area contributed by atoms with Crippen LogP contribution < -0.4 is 10.1 Å². The number of rotatable bonds is 8. The monoisotopic (exact) mass is 276 g/mol. The third kappa shape index (κ3) is 4.82. The molecule has 0 heterocycles. The van der Waals surface area contributed by atoms with Crippen molar-refractivity contribution in [3.8, 4) is 11.8 Å². The van der Waals surface area contributed by atoms with Crippen molar-refractivity contribution in [2.75, 3.05) is 19.7 Å². The van der Waals surface area contributed by atoms with Gasteiger partial charge in [-0.25, -0.2) is 0 Å². The first-order chi connectivity index (χ1) is 9.69. The highest BCUT2D eigenvalue weighted by molar-refractivity contribution is 5.36. The summed E-state index contributed by atoms with van der Waals surface area (Å²) in [6.07, 6.45) is 1.25. The van der Waals surface area contributed by atoms with E-state index in [0.717, 1.165) is 12.8 Å². The first-order valence-electron chi connectivity index (χ1n) is 6.89. The molecule has 1 aliphatic carbocycles.